The summed E-state index contributed by atoms with van der Waals surface area (Å²) in [5, 5.41) is 0. The molecule has 1 N–H and O–H groups in total. The second-order valence-electron chi connectivity index (χ2n) is 9.21. The number of benzene rings is 2. The van der Waals surface area contributed by atoms with Gasteiger partial charge in [0.25, 0.3) is 15.9 Å². The van der Waals surface area contributed by atoms with Crippen LogP contribution >= 0.6 is 0 Å². The van der Waals surface area contributed by atoms with Crippen LogP contribution in [0.3, 0.4) is 0 Å². The number of likely N-dealkylation sites (tertiary alicyclic amines) is 1. The maximum absolute atomic E-state index is 13.0. The van der Waals surface area contributed by atoms with Crippen molar-refractivity contribution in [1.82, 2.24) is 9.80 Å². The number of nitrogens with zero attached hydrogens (tertiary/aromatic N) is 2. The number of hydrogen-bond acceptors (Lipinski definition) is 5. The minimum Gasteiger partial charge on any atom is -0.373 e. The van der Waals surface area contributed by atoms with E-state index in [9.17, 15) is 13.2 Å². The number of hydrogen-bond donors (Lipinski definition) is 1. The van der Waals surface area contributed by atoms with Gasteiger partial charge in [-0.15, -0.1) is 0 Å². The molecule has 2 fully saturated rings. The van der Waals surface area contributed by atoms with Crippen LogP contribution in [0, 0.1) is 5.92 Å². The first-order valence-corrected chi connectivity index (χ1v) is 13.1. The number of sulfonamides is 1. The monoisotopic (exact) mass is 471 g/mol. The van der Waals surface area contributed by atoms with E-state index in [1.165, 1.54) is 0 Å². The molecule has 0 bridgehead atoms. The average Bonchev–Trinajstić information content (AvgIpc) is 2.79. The van der Waals surface area contributed by atoms with Crippen molar-refractivity contribution < 1.29 is 17.9 Å². The predicted molar refractivity (Wildman–Crippen MR) is 129 cm³/mol. The predicted octanol–water partition coefficient (Wildman–Crippen LogP) is 3.45. The number of carbonyl (C=O) groups excluding carboxylic acids is 1. The van der Waals surface area contributed by atoms with Gasteiger partial charge in [-0.05, 0) is 69.0 Å². The van der Waals surface area contributed by atoms with Crippen LogP contribution in [-0.4, -0.2) is 69.1 Å². The Bertz CT molecular complexity index is 1030. The molecule has 4 rings (SSSR count). The lowest BCUT2D eigenvalue weighted by Gasteiger charge is -2.39. The maximum Gasteiger partial charge on any atom is 0.261 e. The zero-order valence-electron chi connectivity index (χ0n) is 19.3. The van der Waals surface area contributed by atoms with Gasteiger partial charge >= 0.3 is 0 Å². The van der Waals surface area contributed by atoms with E-state index >= 15 is 0 Å². The molecule has 1 amide bonds. The van der Waals surface area contributed by atoms with Crippen LogP contribution in [0.1, 0.15) is 37.0 Å². The van der Waals surface area contributed by atoms with E-state index < -0.39 is 10.0 Å². The van der Waals surface area contributed by atoms with E-state index in [4.69, 9.17) is 4.74 Å². The summed E-state index contributed by atoms with van der Waals surface area (Å²) in [6.07, 6.45) is 2.55. The number of piperidine rings is 1. The van der Waals surface area contributed by atoms with Crippen molar-refractivity contribution in [3.05, 3.63) is 60.2 Å². The quantitative estimate of drug-likeness (QED) is 0.698. The van der Waals surface area contributed by atoms with Gasteiger partial charge in [0, 0.05) is 44.0 Å². The molecule has 0 aromatic heterocycles. The Kier molecular flexibility index (Phi) is 7.36. The molecule has 2 heterocycles. The highest BCUT2D eigenvalue weighted by molar-refractivity contribution is 7.92. The molecule has 2 aromatic carbocycles. The fourth-order valence-corrected chi connectivity index (χ4v) is 5.87. The van der Waals surface area contributed by atoms with Crippen LogP contribution in [0.2, 0.25) is 0 Å². The largest absolute Gasteiger partial charge is 0.373 e. The lowest BCUT2D eigenvalue weighted by atomic mass is 9.95. The Balaban J connectivity index is 1.29. The van der Waals surface area contributed by atoms with Crippen molar-refractivity contribution in [3.63, 3.8) is 0 Å². The molecule has 0 saturated carbocycles. The highest BCUT2D eigenvalue weighted by Crippen LogP contribution is 2.23. The third-order valence-electron chi connectivity index (χ3n) is 6.35. The van der Waals surface area contributed by atoms with Crippen molar-refractivity contribution in [2.75, 3.05) is 37.4 Å². The van der Waals surface area contributed by atoms with Crippen LogP contribution in [0.25, 0.3) is 0 Å². The third-order valence-corrected chi connectivity index (χ3v) is 7.75. The van der Waals surface area contributed by atoms with E-state index in [1.807, 2.05) is 4.90 Å². The summed E-state index contributed by atoms with van der Waals surface area (Å²) >= 11 is 0. The fourth-order valence-electron chi connectivity index (χ4n) is 4.79. The van der Waals surface area contributed by atoms with E-state index in [2.05, 4.69) is 23.5 Å². The number of amides is 1. The Morgan fingerprint density at radius 1 is 0.970 bits per heavy atom. The molecule has 0 radical (unpaired) electrons. The second kappa shape index (κ2) is 10.2. The minimum atomic E-state index is -3.65. The summed E-state index contributed by atoms with van der Waals surface area (Å²) in [7, 11) is -3.65. The summed E-state index contributed by atoms with van der Waals surface area (Å²) in [5.41, 5.74) is 1.01. The molecule has 2 unspecified atom stereocenters. The summed E-state index contributed by atoms with van der Waals surface area (Å²) in [6.45, 7) is 8.77. The number of ether oxygens (including phenoxy) is 1. The van der Waals surface area contributed by atoms with E-state index in [0.29, 0.717) is 17.2 Å². The van der Waals surface area contributed by atoms with Gasteiger partial charge in [-0.25, -0.2) is 8.42 Å². The minimum absolute atomic E-state index is 0.000432. The zero-order chi connectivity index (χ0) is 23.4. The molecule has 8 heteroatoms. The molecule has 2 aliphatic rings. The molecule has 0 aliphatic carbocycles. The molecule has 178 valence electrons. The smallest absolute Gasteiger partial charge is 0.261 e. The summed E-state index contributed by atoms with van der Waals surface area (Å²) in [6, 6.07) is 14.9. The van der Waals surface area contributed by atoms with Gasteiger partial charge in [0.2, 0.25) is 0 Å². The van der Waals surface area contributed by atoms with E-state index in [-0.39, 0.29) is 23.0 Å². The zero-order valence-corrected chi connectivity index (χ0v) is 20.1. The van der Waals surface area contributed by atoms with Crippen LogP contribution in [0.4, 0.5) is 5.69 Å². The lowest BCUT2D eigenvalue weighted by Crippen LogP contribution is -2.48. The molecular weight excluding hydrogens is 438 g/mol. The Morgan fingerprint density at radius 2 is 1.58 bits per heavy atom. The summed E-state index contributed by atoms with van der Waals surface area (Å²) in [4.78, 5) is 17.6. The van der Waals surface area contributed by atoms with Gasteiger partial charge in [0.15, 0.2) is 0 Å². The highest BCUT2D eigenvalue weighted by atomic mass is 32.2. The van der Waals surface area contributed by atoms with Crippen molar-refractivity contribution in [1.29, 1.82) is 0 Å². The molecule has 33 heavy (non-hydrogen) atoms. The number of rotatable bonds is 6. The van der Waals surface area contributed by atoms with Gasteiger partial charge in [0.1, 0.15) is 0 Å². The summed E-state index contributed by atoms with van der Waals surface area (Å²) < 4.78 is 33.4. The molecule has 2 atom stereocenters. The van der Waals surface area contributed by atoms with Gasteiger partial charge in [-0.3, -0.25) is 14.4 Å². The highest BCUT2D eigenvalue weighted by Gasteiger charge is 2.28. The van der Waals surface area contributed by atoms with Crippen LogP contribution in [0.15, 0.2) is 59.5 Å². The molecule has 7 nitrogen and oxygen atoms in total. The molecule has 2 aromatic rings. The first kappa shape index (κ1) is 23.7. The first-order chi connectivity index (χ1) is 15.8. The van der Waals surface area contributed by atoms with Crippen molar-refractivity contribution in [3.8, 4) is 0 Å². The Labute approximate surface area is 196 Å². The molecule has 2 saturated heterocycles. The van der Waals surface area contributed by atoms with Crippen LogP contribution in [0.5, 0.6) is 0 Å². The van der Waals surface area contributed by atoms with Gasteiger partial charge in [0.05, 0.1) is 17.1 Å². The van der Waals surface area contributed by atoms with Gasteiger partial charge in [-0.2, -0.15) is 0 Å². The second-order valence-corrected chi connectivity index (χ2v) is 10.9. The van der Waals surface area contributed by atoms with Crippen molar-refractivity contribution in [2.24, 2.45) is 5.92 Å². The standard InChI is InChI=1S/C25H33N3O4S/c1-19-16-27(17-20(2)32-19)18-21-12-14-28(15-13-21)25(29)22-8-10-23(11-9-22)26-33(30,31)24-6-4-3-5-7-24/h3-11,19-21,26H,12-18H2,1-2H3. The number of morpholine rings is 1. The van der Waals surface area contributed by atoms with E-state index in [1.54, 1.807) is 54.6 Å². The van der Waals surface area contributed by atoms with Gasteiger partial charge < -0.3 is 9.64 Å². The average molecular weight is 472 g/mol. The van der Waals surface area contributed by atoms with Crippen molar-refractivity contribution >= 4 is 21.6 Å². The van der Waals surface area contributed by atoms with Crippen LogP contribution < -0.4 is 4.72 Å². The topological polar surface area (TPSA) is 79.0 Å². The Morgan fingerprint density at radius 3 is 2.18 bits per heavy atom. The van der Waals surface area contributed by atoms with E-state index in [0.717, 1.165) is 45.6 Å². The molecular formula is C25H33N3O4S. The SMILES string of the molecule is CC1CN(CC2CCN(C(=O)c3ccc(NS(=O)(=O)c4ccccc4)cc3)CC2)CC(C)O1. The summed E-state index contributed by atoms with van der Waals surface area (Å²) in [5.74, 6) is 0.598. The number of carbonyl (C=O) groups is 1. The fraction of sp³-hybridized carbons (Fsp3) is 0.480. The third kappa shape index (κ3) is 6.13. The lowest BCUT2D eigenvalue weighted by molar-refractivity contribution is -0.0728. The Hall–Kier alpha value is -2.42. The van der Waals surface area contributed by atoms with Crippen LogP contribution in [-0.2, 0) is 14.8 Å². The number of anilines is 1. The molecule has 0 spiro atoms. The first-order valence-electron chi connectivity index (χ1n) is 11.6. The normalized spacial score (nSPS) is 22.8. The number of nitrogens with one attached hydrogen (secondary N) is 1. The van der Waals surface area contributed by atoms with Gasteiger partial charge in [-0.1, -0.05) is 18.2 Å². The maximum atomic E-state index is 13.0. The van der Waals surface area contributed by atoms with Crippen molar-refractivity contribution in [2.45, 2.75) is 43.8 Å². The molecule has 2 aliphatic heterocycles.